The lowest BCUT2D eigenvalue weighted by Crippen LogP contribution is -2.41. The second-order valence-electron chi connectivity index (χ2n) is 6.08. The van der Waals surface area contributed by atoms with Gasteiger partial charge < -0.3 is 16.4 Å². The van der Waals surface area contributed by atoms with Gasteiger partial charge in [-0.05, 0) is 43.1 Å². The van der Waals surface area contributed by atoms with E-state index in [0.717, 1.165) is 35.3 Å². The summed E-state index contributed by atoms with van der Waals surface area (Å²) < 4.78 is 0. The van der Waals surface area contributed by atoms with Crippen LogP contribution in [-0.4, -0.2) is 43.0 Å². The van der Waals surface area contributed by atoms with Crippen molar-refractivity contribution in [3.63, 3.8) is 0 Å². The van der Waals surface area contributed by atoms with Crippen LogP contribution in [0.25, 0.3) is 0 Å². The van der Waals surface area contributed by atoms with Gasteiger partial charge in [0.25, 0.3) is 5.91 Å². The van der Waals surface area contributed by atoms with E-state index in [1.165, 1.54) is 0 Å². The molecule has 6 heteroatoms. The molecule has 1 heterocycles. The highest BCUT2D eigenvalue weighted by Crippen LogP contribution is 2.23. The molecule has 1 aliphatic heterocycles. The van der Waals surface area contributed by atoms with E-state index < -0.39 is 5.91 Å². The molecule has 0 atom stereocenters. The van der Waals surface area contributed by atoms with Gasteiger partial charge in [0.15, 0.2) is 5.84 Å². The number of unbranched alkanes of at least 4 members (excludes halogenated alkanes) is 1. The number of nitrogens with zero attached hydrogens (tertiary/aromatic N) is 3. The highest BCUT2D eigenvalue weighted by molar-refractivity contribution is 6.37. The van der Waals surface area contributed by atoms with E-state index in [2.05, 4.69) is 29.6 Å². The SMILES string of the molecule is C=C1CN(C)C(C(N)=O)=N/C1=C/C(=C\CCC)C(N)=C(C)C(C)=NC. The van der Waals surface area contributed by atoms with Gasteiger partial charge in [-0.2, -0.15) is 0 Å². The van der Waals surface area contributed by atoms with Crippen LogP contribution in [0.2, 0.25) is 0 Å². The lowest BCUT2D eigenvalue weighted by atomic mass is 10.0. The van der Waals surface area contributed by atoms with Gasteiger partial charge in [-0.3, -0.25) is 9.79 Å². The molecule has 136 valence electrons. The molecule has 0 aliphatic carbocycles. The second-order valence-corrected chi connectivity index (χ2v) is 6.08. The molecule has 0 spiro atoms. The molecule has 1 amide bonds. The largest absolute Gasteiger partial charge is 0.398 e. The monoisotopic (exact) mass is 343 g/mol. The minimum atomic E-state index is -0.561. The van der Waals surface area contributed by atoms with Crippen molar-refractivity contribution in [2.75, 3.05) is 20.6 Å². The number of aliphatic imine (C=N–C) groups is 2. The van der Waals surface area contributed by atoms with Crippen molar-refractivity contribution in [1.29, 1.82) is 0 Å². The lowest BCUT2D eigenvalue weighted by Gasteiger charge is -2.26. The molecule has 0 aromatic carbocycles. The zero-order valence-corrected chi connectivity index (χ0v) is 15.9. The van der Waals surface area contributed by atoms with Crippen LogP contribution in [0.15, 0.2) is 56.8 Å². The summed E-state index contributed by atoms with van der Waals surface area (Å²) in [6, 6.07) is 0. The Balaban J connectivity index is 3.45. The van der Waals surface area contributed by atoms with E-state index >= 15 is 0 Å². The predicted molar refractivity (Wildman–Crippen MR) is 105 cm³/mol. The molecule has 6 nitrogen and oxygen atoms in total. The maximum Gasteiger partial charge on any atom is 0.284 e. The summed E-state index contributed by atoms with van der Waals surface area (Å²) in [5.41, 5.74) is 16.5. The molecule has 4 N–H and O–H groups in total. The first-order valence-electron chi connectivity index (χ1n) is 8.33. The number of hydrogen-bond donors (Lipinski definition) is 2. The molecule has 0 aromatic rings. The Bertz CT molecular complexity index is 707. The number of allylic oxidation sites excluding steroid dienone is 3. The predicted octanol–water partition coefficient (Wildman–Crippen LogP) is 2.31. The fourth-order valence-corrected chi connectivity index (χ4v) is 2.37. The van der Waals surface area contributed by atoms with Crippen molar-refractivity contribution in [3.8, 4) is 0 Å². The van der Waals surface area contributed by atoms with Gasteiger partial charge in [0.1, 0.15) is 0 Å². The molecule has 0 saturated heterocycles. The van der Waals surface area contributed by atoms with Crippen LogP contribution in [0.1, 0.15) is 33.6 Å². The van der Waals surface area contributed by atoms with Gasteiger partial charge in [-0.1, -0.05) is 26.0 Å². The van der Waals surface area contributed by atoms with Crippen molar-refractivity contribution in [1.82, 2.24) is 4.90 Å². The quantitative estimate of drug-likeness (QED) is 0.572. The number of hydrogen-bond acceptors (Lipinski definition) is 5. The number of nitrogens with two attached hydrogens (primary N) is 2. The summed E-state index contributed by atoms with van der Waals surface area (Å²) in [6.07, 6.45) is 5.82. The van der Waals surface area contributed by atoms with Crippen LogP contribution >= 0.6 is 0 Å². The summed E-state index contributed by atoms with van der Waals surface area (Å²) in [5, 5.41) is 0. The van der Waals surface area contributed by atoms with E-state index in [1.807, 2.05) is 19.9 Å². The van der Waals surface area contributed by atoms with Gasteiger partial charge in [0, 0.05) is 32.0 Å². The molecule has 1 aliphatic rings. The molecule has 0 bridgehead atoms. The zero-order chi connectivity index (χ0) is 19.1. The molecule has 0 unspecified atom stereocenters. The Morgan fingerprint density at radius 1 is 1.40 bits per heavy atom. The van der Waals surface area contributed by atoms with Gasteiger partial charge >= 0.3 is 0 Å². The first kappa shape index (κ1) is 20.4. The van der Waals surface area contributed by atoms with Crippen LogP contribution in [-0.2, 0) is 4.79 Å². The summed E-state index contributed by atoms with van der Waals surface area (Å²) in [6.45, 7) is 10.5. The minimum Gasteiger partial charge on any atom is -0.398 e. The smallest absolute Gasteiger partial charge is 0.284 e. The normalized spacial score (nSPS) is 19.1. The van der Waals surface area contributed by atoms with Crippen LogP contribution < -0.4 is 11.5 Å². The number of primary amides is 1. The third-order valence-electron chi connectivity index (χ3n) is 4.14. The highest BCUT2D eigenvalue weighted by atomic mass is 16.1. The number of amides is 1. The molecular weight excluding hydrogens is 314 g/mol. The fraction of sp³-hybridized carbons (Fsp3) is 0.421. The van der Waals surface area contributed by atoms with Gasteiger partial charge in [-0.25, -0.2) is 4.99 Å². The van der Waals surface area contributed by atoms with Crippen molar-refractivity contribution < 1.29 is 4.79 Å². The molecule has 0 radical (unpaired) electrons. The number of amidine groups is 1. The number of carbonyl (C=O) groups excluding carboxylic acids is 1. The van der Waals surface area contributed by atoms with Crippen LogP contribution in [0.5, 0.6) is 0 Å². The number of rotatable bonds is 6. The van der Waals surface area contributed by atoms with Gasteiger partial charge in [0.05, 0.1) is 5.70 Å². The summed E-state index contributed by atoms with van der Waals surface area (Å²) in [7, 11) is 3.50. The Labute approximate surface area is 150 Å². The van der Waals surface area contributed by atoms with Crippen molar-refractivity contribution in [2.45, 2.75) is 33.6 Å². The molecule has 25 heavy (non-hydrogen) atoms. The Morgan fingerprint density at radius 3 is 2.56 bits per heavy atom. The van der Waals surface area contributed by atoms with E-state index in [1.54, 1.807) is 19.0 Å². The zero-order valence-electron chi connectivity index (χ0n) is 15.9. The van der Waals surface area contributed by atoms with E-state index in [-0.39, 0.29) is 5.84 Å². The first-order chi connectivity index (χ1) is 11.7. The van der Waals surface area contributed by atoms with Crippen molar-refractivity contribution >= 4 is 17.5 Å². The van der Waals surface area contributed by atoms with Crippen LogP contribution in [0, 0.1) is 0 Å². The maximum absolute atomic E-state index is 11.6. The standard InChI is InChI=1S/C19H29N5O/c1-7-8-9-15(17(20)13(3)14(4)22-5)10-16-12(2)11-24(6)19(23-16)18(21)25/h9-10H,2,7-8,11,20H2,1,3-6H3,(H2,21,25)/b15-9+,16-10+,17-13?,22-14?. The number of likely N-dealkylation sites (N-methyl/N-ethyl adjacent to an activating group) is 1. The second kappa shape index (κ2) is 9.01. The highest BCUT2D eigenvalue weighted by Gasteiger charge is 2.21. The molecule has 0 saturated carbocycles. The van der Waals surface area contributed by atoms with E-state index in [9.17, 15) is 4.79 Å². The Morgan fingerprint density at radius 2 is 2.04 bits per heavy atom. The van der Waals surface area contributed by atoms with Gasteiger partial charge in [0.2, 0.25) is 0 Å². The average molecular weight is 343 g/mol. The topological polar surface area (TPSA) is 97.1 Å². The molecule has 0 aromatic heterocycles. The third kappa shape index (κ3) is 5.17. The summed E-state index contributed by atoms with van der Waals surface area (Å²) in [4.78, 5) is 21.8. The summed E-state index contributed by atoms with van der Waals surface area (Å²) >= 11 is 0. The van der Waals surface area contributed by atoms with E-state index in [0.29, 0.717) is 17.9 Å². The van der Waals surface area contributed by atoms with Gasteiger partial charge in [-0.15, -0.1) is 0 Å². The first-order valence-corrected chi connectivity index (χ1v) is 8.33. The average Bonchev–Trinajstić information content (AvgIpc) is 2.57. The Hall–Kier alpha value is -2.63. The minimum absolute atomic E-state index is 0.221. The molecule has 0 fully saturated rings. The third-order valence-corrected chi connectivity index (χ3v) is 4.14. The summed E-state index contributed by atoms with van der Waals surface area (Å²) in [5.74, 6) is -0.340. The lowest BCUT2D eigenvalue weighted by molar-refractivity contribution is -0.112. The maximum atomic E-state index is 11.6. The molecular formula is C19H29N5O. The van der Waals surface area contributed by atoms with Crippen LogP contribution in [0.4, 0.5) is 0 Å². The van der Waals surface area contributed by atoms with E-state index in [4.69, 9.17) is 11.5 Å². The van der Waals surface area contributed by atoms with Crippen molar-refractivity contribution in [2.24, 2.45) is 21.5 Å². The number of carbonyl (C=O) groups is 1. The fourth-order valence-electron chi connectivity index (χ4n) is 2.37. The Kier molecular flexibility index (Phi) is 7.36. The molecule has 1 rings (SSSR count). The van der Waals surface area contributed by atoms with Crippen molar-refractivity contribution in [3.05, 3.63) is 46.8 Å². The van der Waals surface area contributed by atoms with Crippen LogP contribution in [0.3, 0.4) is 0 Å².